The molecular weight excluding hydrogens is 340 g/mol. The molecule has 1 aromatic heterocycles. The first-order chi connectivity index (χ1) is 13.1. The van der Waals surface area contributed by atoms with Gasteiger partial charge in [0.2, 0.25) is 0 Å². The highest BCUT2D eigenvalue weighted by Gasteiger charge is 2.14. The van der Waals surface area contributed by atoms with Crippen molar-refractivity contribution in [2.75, 3.05) is 6.61 Å². The molecule has 5 nitrogen and oxygen atoms in total. The lowest BCUT2D eigenvalue weighted by Gasteiger charge is -2.15. The molecular formula is C22H24N2O3. The summed E-state index contributed by atoms with van der Waals surface area (Å²) in [5.74, 6) is -0.732. The molecule has 0 saturated heterocycles. The fourth-order valence-electron chi connectivity index (χ4n) is 3.04. The molecule has 0 saturated carbocycles. The summed E-state index contributed by atoms with van der Waals surface area (Å²) >= 11 is 0. The van der Waals surface area contributed by atoms with Crippen molar-refractivity contribution in [3.63, 3.8) is 0 Å². The predicted molar refractivity (Wildman–Crippen MR) is 105 cm³/mol. The molecule has 5 heteroatoms. The molecule has 3 aromatic rings. The maximum absolute atomic E-state index is 12.1. The lowest BCUT2D eigenvalue weighted by molar-refractivity contribution is -0.148. The summed E-state index contributed by atoms with van der Waals surface area (Å²) < 4.78 is 5.13. The number of hydrogen-bond donors (Lipinski definition) is 2. The minimum absolute atomic E-state index is 0.130. The van der Waals surface area contributed by atoms with Gasteiger partial charge in [0, 0.05) is 17.1 Å². The van der Waals surface area contributed by atoms with Gasteiger partial charge in [0.1, 0.15) is 0 Å². The molecule has 0 fully saturated rings. The van der Waals surface area contributed by atoms with Crippen LogP contribution in [0.1, 0.15) is 36.6 Å². The van der Waals surface area contributed by atoms with Crippen LogP contribution in [0.5, 0.6) is 0 Å². The van der Waals surface area contributed by atoms with Gasteiger partial charge in [0.25, 0.3) is 5.91 Å². The SMILES string of the molecule is CCc1ccc([C@@H](C)NC(=O)COC(=O)Cc2c[nH]c3ccccc23)cc1. The molecule has 0 aliphatic rings. The molecule has 140 valence electrons. The summed E-state index contributed by atoms with van der Waals surface area (Å²) in [4.78, 5) is 27.3. The lowest BCUT2D eigenvalue weighted by atomic mass is 10.1. The molecule has 3 rings (SSSR count). The molecule has 27 heavy (non-hydrogen) atoms. The van der Waals surface area contributed by atoms with Gasteiger partial charge in [-0.2, -0.15) is 0 Å². The third-order valence-corrected chi connectivity index (χ3v) is 4.64. The predicted octanol–water partition coefficient (Wildman–Crippen LogP) is 3.69. The van der Waals surface area contributed by atoms with Crippen molar-refractivity contribution in [3.8, 4) is 0 Å². The number of nitrogens with one attached hydrogen (secondary N) is 2. The number of esters is 1. The molecule has 0 aliphatic carbocycles. The molecule has 0 bridgehead atoms. The number of aromatic amines is 1. The van der Waals surface area contributed by atoms with Gasteiger partial charge < -0.3 is 15.0 Å². The third-order valence-electron chi connectivity index (χ3n) is 4.64. The van der Waals surface area contributed by atoms with Gasteiger partial charge in [0.15, 0.2) is 6.61 Å². The highest BCUT2D eigenvalue weighted by Crippen LogP contribution is 2.18. The number of fused-ring (bicyclic) bond motifs is 1. The van der Waals surface area contributed by atoms with Crippen molar-refractivity contribution in [1.82, 2.24) is 10.3 Å². The van der Waals surface area contributed by atoms with Crippen molar-refractivity contribution in [2.24, 2.45) is 0 Å². The van der Waals surface area contributed by atoms with Crippen LogP contribution in [0.4, 0.5) is 0 Å². The van der Waals surface area contributed by atoms with Gasteiger partial charge in [-0.15, -0.1) is 0 Å². The Labute approximate surface area is 158 Å². The molecule has 0 spiro atoms. The molecule has 1 atom stereocenters. The second-order valence-electron chi connectivity index (χ2n) is 6.58. The van der Waals surface area contributed by atoms with E-state index in [0.29, 0.717) is 0 Å². The highest BCUT2D eigenvalue weighted by atomic mass is 16.5. The van der Waals surface area contributed by atoms with Crippen LogP contribution in [0.15, 0.2) is 54.7 Å². The number of benzene rings is 2. The number of carbonyl (C=O) groups is 2. The van der Waals surface area contributed by atoms with Crippen molar-refractivity contribution >= 4 is 22.8 Å². The largest absolute Gasteiger partial charge is 0.455 e. The lowest BCUT2D eigenvalue weighted by Crippen LogP contribution is -2.31. The summed E-state index contributed by atoms with van der Waals surface area (Å²) in [6, 6.07) is 15.7. The fraction of sp³-hybridized carbons (Fsp3) is 0.273. The number of H-pyrrole nitrogens is 1. The van der Waals surface area contributed by atoms with E-state index >= 15 is 0 Å². The van der Waals surface area contributed by atoms with Gasteiger partial charge in [0.05, 0.1) is 12.5 Å². The Kier molecular flexibility index (Phi) is 5.91. The summed E-state index contributed by atoms with van der Waals surface area (Å²) in [5, 5.41) is 3.84. The Hall–Kier alpha value is -3.08. The van der Waals surface area contributed by atoms with Gasteiger partial charge in [-0.1, -0.05) is 49.4 Å². The van der Waals surface area contributed by atoms with Crippen molar-refractivity contribution in [2.45, 2.75) is 32.7 Å². The quantitative estimate of drug-likeness (QED) is 0.628. The van der Waals surface area contributed by atoms with E-state index in [9.17, 15) is 9.59 Å². The molecule has 2 aromatic carbocycles. The van der Waals surface area contributed by atoms with E-state index in [1.807, 2.05) is 43.3 Å². The molecule has 0 unspecified atom stereocenters. The van der Waals surface area contributed by atoms with Crippen LogP contribution < -0.4 is 5.32 Å². The number of amides is 1. The summed E-state index contributed by atoms with van der Waals surface area (Å²) in [6.07, 6.45) is 2.91. The van der Waals surface area contributed by atoms with E-state index < -0.39 is 5.97 Å². The molecule has 1 amide bonds. The molecule has 1 heterocycles. The maximum Gasteiger partial charge on any atom is 0.310 e. The topological polar surface area (TPSA) is 71.2 Å². The Morgan fingerprint density at radius 2 is 1.85 bits per heavy atom. The van der Waals surface area contributed by atoms with Gasteiger partial charge in [-0.3, -0.25) is 9.59 Å². The van der Waals surface area contributed by atoms with Gasteiger partial charge >= 0.3 is 5.97 Å². The molecule has 2 N–H and O–H groups in total. The first-order valence-electron chi connectivity index (χ1n) is 9.15. The second-order valence-corrected chi connectivity index (χ2v) is 6.58. The second kappa shape index (κ2) is 8.54. The zero-order valence-corrected chi connectivity index (χ0v) is 15.6. The number of carbonyl (C=O) groups excluding carboxylic acids is 2. The number of aryl methyl sites for hydroxylation is 1. The van der Waals surface area contributed by atoms with Crippen molar-refractivity contribution in [1.29, 1.82) is 0 Å². The standard InChI is InChI=1S/C22H24N2O3/c1-3-16-8-10-17(11-9-16)15(2)24-21(25)14-27-22(26)12-18-13-23-20-7-5-4-6-19(18)20/h4-11,13,15,23H,3,12,14H2,1-2H3,(H,24,25)/t15-/m1/s1. The number of rotatable bonds is 7. The Morgan fingerprint density at radius 3 is 2.59 bits per heavy atom. The molecule has 0 aliphatic heterocycles. The van der Waals surface area contributed by atoms with Crippen molar-refractivity contribution in [3.05, 3.63) is 71.4 Å². The summed E-state index contributed by atoms with van der Waals surface area (Å²) in [5.41, 5.74) is 4.11. The zero-order valence-electron chi connectivity index (χ0n) is 15.6. The van der Waals surface area contributed by atoms with Crippen LogP contribution >= 0.6 is 0 Å². The number of para-hydroxylation sites is 1. The van der Waals surface area contributed by atoms with E-state index in [1.54, 1.807) is 6.20 Å². The normalized spacial score (nSPS) is 11.9. The minimum Gasteiger partial charge on any atom is -0.455 e. The fourth-order valence-corrected chi connectivity index (χ4v) is 3.04. The monoisotopic (exact) mass is 364 g/mol. The first kappa shape index (κ1) is 18.7. The minimum atomic E-state index is -0.421. The van der Waals surface area contributed by atoms with Gasteiger partial charge in [-0.05, 0) is 36.1 Å². The van der Waals surface area contributed by atoms with Gasteiger partial charge in [-0.25, -0.2) is 0 Å². The van der Waals surface area contributed by atoms with Crippen LogP contribution in [0, 0.1) is 0 Å². The molecule has 0 radical (unpaired) electrons. The van der Waals surface area contributed by atoms with Crippen LogP contribution in [0.2, 0.25) is 0 Å². The van der Waals surface area contributed by atoms with E-state index in [0.717, 1.165) is 28.5 Å². The van der Waals surface area contributed by atoms with E-state index in [2.05, 4.69) is 29.4 Å². The first-order valence-corrected chi connectivity index (χ1v) is 9.15. The van der Waals surface area contributed by atoms with E-state index in [1.165, 1.54) is 5.56 Å². The smallest absolute Gasteiger partial charge is 0.310 e. The van der Waals surface area contributed by atoms with E-state index in [-0.39, 0.29) is 25.0 Å². The van der Waals surface area contributed by atoms with Crippen LogP contribution in [-0.4, -0.2) is 23.5 Å². The third kappa shape index (κ3) is 4.76. The van der Waals surface area contributed by atoms with Crippen molar-refractivity contribution < 1.29 is 14.3 Å². The zero-order chi connectivity index (χ0) is 19.2. The maximum atomic E-state index is 12.1. The van der Waals surface area contributed by atoms with Crippen LogP contribution in [0.25, 0.3) is 10.9 Å². The summed E-state index contributed by atoms with van der Waals surface area (Å²) in [7, 11) is 0. The average molecular weight is 364 g/mol. The van der Waals surface area contributed by atoms with Crippen LogP contribution in [0.3, 0.4) is 0 Å². The number of ether oxygens (including phenoxy) is 1. The Balaban J connectivity index is 1.48. The summed E-state index contributed by atoms with van der Waals surface area (Å²) in [6.45, 7) is 3.73. The average Bonchev–Trinajstić information content (AvgIpc) is 3.09. The Morgan fingerprint density at radius 1 is 1.11 bits per heavy atom. The Bertz CT molecular complexity index is 928. The van der Waals surface area contributed by atoms with Crippen LogP contribution in [-0.2, 0) is 27.2 Å². The van der Waals surface area contributed by atoms with E-state index in [4.69, 9.17) is 4.74 Å². The number of aromatic nitrogens is 1. The highest BCUT2D eigenvalue weighted by molar-refractivity contribution is 5.88. The number of hydrogen-bond acceptors (Lipinski definition) is 3.